The van der Waals surface area contributed by atoms with Crippen LogP contribution in [-0.4, -0.2) is 19.9 Å². The van der Waals surface area contributed by atoms with Crippen LogP contribution < -0.4 is 0 Å². The number of rotatable bonds is 5. The van der Waals surface area contributed by atoms with Gasteiger partial charge in [0.1, 0.15) is 0 Å². The first-order chi connectivity index (χ1) is 19.1. The molecule has 0 fully saturated rings. The monoisotopic (exact) mass is 504 g/mol. The van der Waals surface area contributed by atoms with Crippen LogP contribution in [0.2, 0.25) is 0 Å². The summed E-state index contributed by atoms with van der Waals surface area (Å²) in [5, 5.41) is 2.34. The molecule has 0 saturated carbocycles. The molecule has 0 N–H and O–H groups in total. The van der Waals surface area contributed by atoms with Gasteiger partial charge in [-0.05, 0) is 66.4 Å². The molecule has 0 aliphatic carbocycles. The largest absolute Gasteiger partial charge is 0.261 e. The highest BCUT2D eigenvalue weighted by molar-refractivity contribution is 5.86. The summed E-state index contributed by atoms with van der Waals surface area (Å²) in [5.74, 6) is 1.95. The zero-order chi connectivity index (χ0) is 26.8. The van der Waals surface area contributed by atoms with Gasteiger partial charge in [0.2, 0.25) is 0 Å². The lowest BCUT2D eigenvalue weighted by atomic mass is 10.0. The van der Waals surface area contributed by atoms with Crippen molar-refractivity contribution in [1.29, 1.82) is 0 Å². The predicted octanol–water partition coefficient (Wildman–Crippen LogP) is 8.74. The van der Waals surface area contributed by atoms with Crippen molar-refractivity contribution in [3.63, 3.8) is 0 Å². The highest BCUT2D eigenvalue weighted by atomic mass is 15.0. The van der Waals surface area contributed by atoms with Crippen molar-refractivity contribution in [3.05, 3.63) is 126 Å². The van der Waals surface area contributed by atoms with Gasteiger partial charge >= 0.3 is 0 Å². The van der Waals surface area contributed by atoms with Crippen LogP contribution in [0.15, 0.2) is 109 Å². The van der Waals surface area contributed by atoms with E-state index in [1.54, 1.807) is 0 Å². The molecule has 4 heteroatoms. The first-order valence-electron chi connectivity index (χ1n) is 13.1. The zero-order valence-electron chi connectivity index (χ0n) is 22.3. The maximum absolute atomic E-state index is 4.96. The highest BCUT2D eigenvalue weighted by Gasteiger charge is 2.14. The van der Waals surface area contributed by atoms with Crippen molar-refractivity contribution >= 4 is 16.8 Å². The fraction of sp³-hybridized carbons (Fsp3) is 0.0857. The van der Waals surface area contributed by atoms with Gasteiger partial charge in [-0.2, -0.15) is 0 Å². The minimum Gasteiger partial charge on any atom is -0.261 e. The summed E-state index contributed by atoms with van der Waals surface area (Å²) in [6, 6.07) is 33.5. The van der Waals surface area contributed by atoms with Gasteiger partial charge < -0.3 is 0 Å². The topological polar surface area (TPSA) is 51.6 Å². The van der Waals surface area contributed by atoms with Crippen LogP contribution in [0, 0.1) is 13.8 Å². The maximum atomic E-state index is 4.96. The number of pyridine rings is 1. The van der Waals surface area contributed by atoms with Crippen molar-refractivity contribution in [2.75, 3.05) is 0 Å². The second kappa shape index (κ2) is 10.4. The Kier molecular flexibility index (Phi) is 6.52. The molecule has 0 amide bonds. The summed E-state index contributed by atoms with van der Waals surface area (Å²) >= 11 is 0. The molecular formula is C35H28N4. The lowest BCUT2D eigenvalue weighted by Crippen LogP contribution is -2.00. The van der Waals surface area contributed by atoms with Crippen molar-refractivity contribution in [2.45, 2.75) is 20.8 Å². The summed E-state index contributed by atoms with van der Waals surface area (Å²) in [7, 11) is 0. The van der Waals surface area contributed by atoms with Gasteiger partial charge in [-0.3, -0.25) is 4.98 Å². The Bertz CT molecular complexity index is 1840. The number of fused-ring (bicyclic) bond motifs is 1. The van der Waals surface area contributed by atoms with Gasteiger partial charge in [0, 0.05) is 34.1 Å². The molecule has 188 valence electrons. The van der Waals surface area contributed by atoms with Gasteiger partial charge in [0.25, 0.3) is 0 Å². The molecule has 0 unspecified atom stereocenters. The Morgan fingerprint density at radius 3 is 1.90 bits per heavy atom. The molecule has 0 radical (unpaired) electrons. The quantitative estimate of drug-likeness (QED) is 0.235. The van der Waals surface area contributed by atoms with Gasteiger partial charge in [0.15, 0.2) is 17.5 Å². The molecule has 0 aliphatic heterocycles. The average molecular weight is 505 g/mol. The number of benzene rings is 4. The third-order valence-corrected chi connectivity index (χ3v) is 6.99. The van der Waals surface area contributed by atoms with Crippen LogP contribution in [0.4, 0.5) is 0 Å². The molecule has 6 rings (SSSR count). The van der Waals surface area contributed by atoms with E-state index in [0.717, 1.165) is 44.5 Å². The molecule has 0 spiro atoms. The smallest absolute Gasteiger partial charge is 0.164 e. The minimum absolute atomic E-state index is 0.644. The minimum atomic E-state index is 0.644. The van der Waals surface area contributed by atoms with Crippen molar-refractivity contribution in [3.8, 4) is 45.3 Å². The van der Waals surface area contributed by atoms with E-state index < -0.39 is 0 Å². The molecular weight excluding hydrogens is 476 g/mol. The van der Waals surface area contributed by atoms with E-state index in [4.69, 9.17) is 15.0 Å². The molecule has 39 heavy (non-hydrogen) atoms. The molecule has 2 heterocycles. The van der Waals surface area contributed by atoms with Crippen LogP contribution >= 0.6 is 0 Å². The standard InChI is InChI=1S/C35H28N4/c1-4-8-28-21-30(13-12-23(28)2)34-37-33(27-17-15-26(16-18-27)32-11-7-20-36-24(32)3)38-35(39-34)31-19-14-25-9-5-6-10-29(25)22-31/h4-22H,1-3H3/b8-4-. The zero-order valence-corrected chi connectivity index (χ0v) is 22.3. The first-order valence-corrected chi connectivity index (χ1v) is 13.1. The molecule has 0 atom stereocenters. The summed E-state index contributed by atoms with van der Waals surface area (Å²) in [4.78, 5) is 19.3. The first kappa shape index (κ1) is 24.4. The van der Waals surface area contributed by atoms with Crippen LogP contribution in [0.5, 0.6) is 0 Å². The Labute approximate surface area is 228 Å². The number of hydrogen-bond donors (Lipinski definition) is 0. The number of aryl methyl sites for hydroxylation is 2. The number of nitrogens with zero attached hydrogens (tertiary/aromatic N) is 4. The third-order valence-electron chi connectivity index (χ3n) is 6.99. The van der Waals surface area contributed by atoms with Crippen molar-refractivity contribution < 1.29 is 0 Å². The Morgan fingerprint density at radius 1 is 0.564 bits per heavy atom. The molecule has 4 aromatic carbocycles. The number of hydrogen-bond acceptors (Lipinski definition) is 4. The molecule has 6 aromatic rings. The Hall–Kier alpha value is -4.96. The van der Waals surface area contributed by atoms with Gasteiger partial charge in [0.05, 0.1) is 0 Å². The van der Waals surface area contributed by atoms with E-state index in [0.29, 0.717) is 17.5 Å². The van der Waals surface area contributed by atoms with E-state index in [-0.39, 0.29) is 0 Å². The summed E-state index contributed by atoms with van der Waals surface area (Å²) in [6.07, 6.45) is 5.99. The normalized spacial score (nSPS) is 11.4. The molecule has 4 nitrogen and oxygen atoms in total. The number of aromatic nitrogens is 4. The van der Waals surface area contributed by atoms with Crippen LogP contribution in [0.25, 0.3) is 62.1 Å². The summed E-state index contributed by atoms with van der Waals surface area (Å²) < 4.78 is 0. The second-order valence-electron chi connectivity index (χ2n) is 9.65. The number of allylic oxidation sites excluding steroid dienone is 1. The summed E-state index contributed by atoms with van der Waals surface area (Å²) in [6.45, 7) is 6.17. The molecule has 0 saturated heterocycles. The SMILES string of the molecule is C/C=C\c1cc(-c2nc(-c3ccc(-c4cccnc4C)cc3)nc(-c3ccc4ccccc4c3)n2)ccc1C. The molecule has 2 aromatic heterocycles. The van der Waals surface area contributed by atoms with Gasteiger partial charge in [-0.25, -0.2) is 15.0 Å². The fourth-order valence-corrected chi connectivity index (χ4v) is 4.82. The lowest BCUT2D eigenvalue weighted by Gasteiger charge is -2.11. The van der Waals surface area contributed by atoms with Crippen LogP contribution in [-0.2, 0) is 0 Å². The lowest BCUT2D eigenvalue weighted by molar-refractivity contribution is 1.07. The third kappa shape index (κ3) is 4.97. The van der Waals surface area contributed by atoms with E-state index >= 15 is 0 Å². The van der Waals surface area contributed by atoms with Crippen molar-refractivity contribution in [2.24, 2.45) is 0 Å². The Balaban J connectivity index is 1.50. The van der Waals surface area contributed by atoms with E-state index in [2.05, 4.69) is 115 Å². The van der Waals surface area contributed by atoms with E-state index in [1.165, 1.54) is 10.9 Å². The van der Waals surface area contributed by atoms with E-state index in [1.807, 2.05) is 26.1 Å². The summed E-state index contributed by atoms with van der Waals surface area (Å²) in [5.41, 5.74) is 8.46. The maximum Gasteiger partial charge on any atom is 0.164 e. The van der Waals surface area contributed by atoms with Gasteiger partial charge in [-0.1, -0.05) is 91.0 Å². The highest BCUT2D eigenvalue weighted by Crippen LogP contribution is 2.30. The second-order valence-corrected chi connectivity index (χ2v) is 9.65. The molecule has 0 bridgehead atoms. The van der Waals surface area contributed by atoms with Crippen LogP contribution in [0.3, 0.4) is 0 Å². The predicted molar refractivity (Wildman–Crippen MR) is 161 cm³/mol. The fourth-order valence-electron chi connectivity index (χ4n) is 4.82. The van der Waals surface area contributed by atoms with Gasteiger partial charge in [-0.15, -0.1) is 0 Å². The van der Waals surface area contributed by atoms with Crippen LogP contribution in [0.1, 0.15) is 23.7 Å². The van der Waals surface area contributed by atoms with Crippen molar-refractivity contribution in [1.82, 2.24) is 19.9 Å². The Morgan fingerprint density at radius 2 is 1.18 bits per heavy atom. The molecule has 0 aliphatic rings. The average Bonchev–Trinajstić information content (AvgIpc) is 2.98. The van der Waals surface area contributed by atoms with E-state index in [9.17, 15) is 0 Å².